The van der Waals surface area contributed by atoms with Gasteiger partial charge in [0, 0.05) is 42.1 Å². The van der Waals surface area contributed by atoms with Crippen molar-refractivity contribution < 1.29 is 0 Å². The van der Waals surface area contributed by atoms with Gasteiger partial charge in [-0.05, 0) is 74.8 Å². The van der Waals surface area contributed by atoms with E-state index in [1.165, 1.54) is 59.1 Å². The zero-order valence-electron chi connectivity index (χ0n) is 34.1. The second kappa shape index (κ2) is 14.1. The van der Waals surface area contributed by atoms with E-state index in [4.69, 9.17) is 9.97 Å². The molecule has 4 heteroatoms. The molecule has 0 amide bonds. The number of benzene rings is 9. The van der Waals surface area contributed by atoms with Gasteiger partial charge in [-0.25, -0.2) is 9.97 Å². The third-order valence-electron chi connectivity index (χ3n) is 13.1. The molecule has 9 aromatic carbocycles. The average molecular weight is 820 g/mol. The standard InChI is InChI=1S/C59H37N3S/c1-3-17-38(18-4-1)39-19-15-20-40(35-39)52-37-53(49-28-16-27-48-47-26-10-14-32-56(47)63-57(48)49)61-58(60-52)62-54-31-13-9-25-45(54)46-34-33-42(36-55(46)62)59(41-21-5-2-6-22-41)50-29-11-7-23-43(50)44-24-8-12-30-51(44)59/h1-37H. The topological polar surface area (TPSA) is 30.7 Å². The van der Waals surface area contributed by atoms with Crippen molar-refractivity contribution in [3.63, 3.8) is 0 Å². The zero-order chi connectivity index (χ0) is 41.5. The van der Waals surface area contributed by atoms with Crippen LogP contribution in [-0.2, 0) is 5.41 Å². The summed E-state index contributed by atoms with van der Waals surface area (Å²) in [6.45, 7) is 0. The number of thiophene rings is 1. The molecule has 0 radical (unpaired) electrons. The lowest BCUT2D eigenvalue weighted by atomic mass is 9.67. The molecule has 1 aliphatic carbocycles. The first kappa shape index (κ1) is 35.8. The van der Waals surface area contributed by atoms with Gasteiger partial charge in [-0.3, -0.25) is 4.57 Å². The number of fused-ring (bicyclic) bond motifs is 9. The summed E-state index contributed by atoms with van der Waals surface area (Å²) in [5.74, 6) is 0.634. The van der Waals surface area contributed by atoms with Crippen LogP contribution >= 0.6 is 11.3 Å². The van der Waals surface area contributed by atoms with Crippen molar-refractivity contribution in [1.82, 2.24) is 14.5 Å². The fourth-order valence-corrected chi connectivity index (χ4v) is 11.6. The first-order valence-corrected chi connectivity index (χ1v) is 22.3. The normalized spacial score (nSPS) is 12.9. The number of nitrogens with zero attached hydrogens (tertiary/aromatic N) is 3. The average Bonchev–Trinajstić information content (AvgIpc) is 4.01. The van der Waals surface area contributed by atoms with E-state index in [1.54, 1.807) is 0 Å². The Kier molecular flexibility index (Phi) is 7.99. The van der Waals surface area contributed by atoms with Crippen LogP contribution in [-0.4, -0.2) is 14.5 Å². The third-order valence-corrected chi connectivity index (χ3v) is 14.3. The number of para-hydroxylation sites is 1. The van der Waals surface area contributed by atoms with Crippen LogP contribution in [0.4, 0.5) is 0 Å². The summed E-state index contributed by atoms with van der Waals surface area (Å²) < 4.78 is 4.79. The number of rotatable bonds is 6. The van der Waals surface area contributed by atoms with Gasteiger partial charge in [0.15, 0.2) is 0 Å². The van der Waals surface area contributed by atoms with E-state index in [1.807, 2.05) is 11.3 Å². The largest absolute Gasteiger partial charge is 0.278 e. The lowest BCUT2D eigenvalue weighted by molar-refractivity contribution is 0.769. The van der Waals surface area contributed by atoms with E-state index in [2.05, 4.69) is 229 Å². The molecule has 3 heterocycles. The lowest BCUT2D eigenvalue weighted by Gasteiger charge is -2.34. The molecule has 3 nitrogen and oxygen atoms in total. The lowest BCUT2D eigenvalue weighted by Crippen LogP contribution is -2.28. The van der Waals surface area contributed by atoms with Crippen LogP contribution in [0.15, 0.2) is 224 Å². The summed E-state index contributed by atoms with van der Waals surface area (Å²) in [5, 5.41) is 4.83. The van der Waals surface area contributed by atoms with Crippen LogP contribution in [0.3, 0.4) is 0 Å². The molecule has 0 unspecified atom stereocenters. The van der Waals surface area contributed by atoms with E-state index in [9.17, 15) is 0 Å². The molecule has 294 valence electrons. The fourth-order valence-electron chi connectivity index (χ4n) is 10.4. The van der Waals surface area contributed by atoms with Crippen LogP contribution in [0.5, 0.6) is 0 Å². The molecule has 0 saturated carbocycles. The van der Waals surface area contributed by atoms with Gasteiger partial charge in [0.1, 0.15) is 0 Å². The van der Waals surface area contributed by atoms with Gasteiger partial charge in [0.25, 0.3) is 0 Å². The zero-order valence-corrected chi connectivity index (χ0v) is 34.9. The Balaban J connectivity index is 1.11. The molecule has 0 N–H and O–H groups in total. The predicted octanol–water partition coefficient (Wildman–Crippen LogP) is 15.3. The van der Waals surface area contributed by atoms with Crippen LogP contribution in [0.2, 0.25) is 0 Å². The minimum atomic E-state index is -0.549. The number of hydrogen-bond acceptors (Lipinski definition) is 3. The summed E-state index contributed by atoms with van der Waals surface area (Å²) in [6.07, 6.45) is 0. The number of aromatic nitrogens is 3. The smallest absolute Gasteiger partial charge is 0.235 e. The quantitative estimate of drug-likeness (QED) is 0.167. The summed E-state index contributed by atoms with van der Waals surface area (Å²) in [6, 6.07) is 81.5. The molecule has 12 aromatic rings. The monoisotopic (exact) mass is 819 g/mol. The third kappa shape index (κ3) is 5.38. The molecule has 0 bridgehead atoms. The molecule has 0 spiro atoms. The van der Waals surface area contributed by atoms with Crippen LogP contribution in [0.25, 0.3) is 92.7 Å². The molecular weight excluding hydrogens is 783 g/mol. The van der Waals surface area contributed by atoms with Crippen molar-refractivity contribution in [1.29, 1.82) is 0 Å². The van der Waals surface area contributed by atoms with Gasteiger partial charge < -0.3 is 0 Å². The highest BCUT2D eigenvalue weighted by atomic mass is 32.1. The van der Waals surface area contributed by atoms with Crippen LogP contribution in [0.1, 0.15) is 22.3 Å². The highest BCUT2D eigenvalue weighted by molar-refractivity contribution is 7.26. The van der Waals surface area contributed by atoms with Gasteiger partial charge in [-0.15, -0.1) is 11.3 Å². The fraction of sp³-hybridized carbons (Fsp3) is 0.0169. The Bertz CT molecular complexity index is 3700. The predicted molar refractivity (Wildman–Crippen MR) is 263 cm³/mol. The summed E-state index contributed by atoms with van der Waals surface area (Å²) in [7, 11) is 0. The summed E-state index contributed by atoms with van der Waals surface area (Å²) in [4.78, 5) is 11.2. The van der Waals surface area contributed by atoms with Crippen molar-refractivity contribution in [2.24, 2.45) is 0 Å². The second-order valence-electron chi connectivity index (χ2n) is 16.5. The van der Waals surface area contributed by atoms with E-state index in [0.29, 0.717) is 5.95 Å². The van der Waals surface area contributed by atoms with Crippen molar-refractivity contribution >= 4 is 53.3 Å². The van der Waals surface area contributed by atoms with E-state index in [-0.39, 0.29) is 0 Å². The minimum Gasteiger partial charge on any atom is -0.278 e. The molecule has 63 heavy (non-hydrogen) atoms. The molecular formula is C59H37N3S. The molecule has 0 atom stereocenters. The Morgan fingerprint density at radius 1 is 0.365 bits per heavy atom. The molecule has 3 aromatic heterocycles. The molecule has 0 saturated heterocycles. The van der Waals surface area contributed by atoms with E-state index < -0.39 is 5.41 Å². The van der Waals surface area contributed by atoms with Crippen molar-refractivity contribution in [2.75, 3.05) is 0 Å². The van der Waals surface area contributed by atoms with Crippen molar-refractivity contribution in [3.8, 4) is 50.7 Å². The van der Waals surface area contributed by atoms with E-state index in [0.717, 1.165) is 49.9 Å². The molecule has 13 rings (SSSR count). The minimum absolute atomic E-state index is 0.549. The van der Waals surface area contributed by atoms with Gasteiger partial charge in [0.2, 0.25) is 5.95 Å². The highest BCUT2D eigenvalue weighted by Crippen LogP contribution is 2.56. The molecule has 1 aliphatic rings. The van der Waals surface area contributed by atoms with Gasteiger partial charge in [0.05, 0.1) is 27.8 Å². The van der Waals surface area contributed by atoms with Crippen LogP contribution in [0, 0.1) is 0 Å². The first-order chi connectivity index (χ1) is 31.2. The molecule has 0 aliphatic heterocycles. The SMILES string of the molecule is c1ccc(-c2cccc(-c3cc(-c4cccc5c4sc4ccccc45)nc(-n4c5ccccc5c5ccc(C6(c7ccccc7)c7ccccc7-c7ccccc76)cc54)n3)c2)cc1. The van der Waals surface area contributed by atoms with Crippen molar-refractivity contribution in [2.45, 2.75) is 5.41 Å². The van der Waals surface area contributed by atoms with Crippen molar-refractivity contribution in [3.05, 3.63) is 247 Å². The first-order valence-electron chi connectivity index (χ1n) is 21.5. The van der Waals surface area contributed by atoms with Gasteiger partial charge in [-0.2, -0.15) is 0 Å². The summed E-state index contributed by atoms with van der Waals surface area (Å²) in [5.41, 5.74) is 15.3. The maximum Gasteiger partial charge on any atom is 0.235 e. The Morgan fingerprint density at radius 2 is 0.952 bits per heavy atom. The number of hydrogen-bond donors (Lipinski definition) is 0. The Hall–Kier alpha value is -7.92. The maximum atomic E-state index is 5.61. The Morgan fingerprint density at radius 3 is 1.76 bits per heavy atom. The molecule has 0 fully saturated rings. The highest BCUT2D eigenvalue weighted by Gasteiger charge is 2.46. The second-order valence-corrected chi connectivity index (χ2v) is 17.5. The van der Waals surface area contributed by atoms with Crippen LogP contribution < -0.4 is 0 Å². The van der Waals surface area contributed by atoms with Gasteiger partial charge >= 0.3 is 0 Å². The maximum absolute atomic E-state index is 5.61. The summed E-state index contributed by atoms with van der Waals surface area (Å²) >= 11 is 1.83. The van der Waals surface area contributed by atoms with E-state index >= 15 is 0 Å². The Labute approximate surface area is 368 Å². The van der Waals surface area contributed by atoms with Gasteiger partial charge in [-0.1, -0.05) is 194 Å².